The van der Waals surface area contributed by atoms with Crippen LogP contribution >= 0.6 is 0 Å². The third kappa shape index (κ3) is 1.73. The van der Waals surface area contributed by atoms with Crippen LogP contribution < -0.4 is 5.32 Å². The van der Waals surface area contributed by atoms with E-state index in [1.54, 1.807) is 0 Å². The molecule has 1 aliphatic heterocycles. The highest BCUT2D eigenvalue weighted by atomic mass is 16.3. The summed E-state index contributed by atoms with van der Waals surface area (Å²) in [4.78, 5) is 12.3. The quantitative estimate of drug-likeness (QED) is 0.674. The fourth-order valence-corrected chi connectivity index (χ4v) is 6.02. The Hall–Kier alpha value is -0.830. The Labute approximate surface area is 127 Å². The molecule has 2 saturated carbocycles. The minimum atomic E-state index is -0.135. The number of aliphatic hydroxyl groups is 1. The summed E-state index contributed by atoms with van der Waals surface area (Å²) in [6, 6.07) is 0. The fraction of sp³-hybridized carbons (Fsp3) is 0.833. The Kier molecular flexibility index (Phi) is 2.86. The summed E-state index contributed by atoms with van der Waals surface area (Å²) in [5.74, 6) is 2.14. The average molecular weight is 289 g/mol. The topological polar surface area (TPSA) is 49.3 Å². The van der Waals surface area contributed by atoms with Crippen molar-refractivity contribution in [3.63, 3.8) is 0 Å². The first-order valence-corrected chi connectivity index (χ1v) is 8.61. The van der Waals surface area contributed by atoms with E-state index in [-0.39, 0.29) is 22.8 Å². The molecule has 1 amide bonds. The second kappa shape index (κ2) is 4.34. The van der Waals surface area contributed by atoms with Crippen LogP contribution in [0.15, 0.2) is 11.6 Å². The molecule has 3 aliphatic carbocycles. The molecule has 0 spiro atoms. The van der Waals surface area contributed by atoms with Crippen molar-refractivity contribution in [3.8, 4) is 0 Å². The molecule has 0 aromatic heterocycles. The first-order valence-electron chi connectivity index (χ1n) is 8.61. The molecule has 6 atom stereocenters. The van der Waals surface area contributed by atoms with Gasteiger partial charge in [0.05, 0.1) is 11.5 Å². The van der Waals surface area contributed by atoms with Crippen LogP contribution in [-0.2, 0) is 4.79 Å². The molecule has 0 aromatic carbocycles. The summed E-state index contributed by atoms with van der Waals surface area (Å²) in [6.07, 6.45) is 8.53. The normalized spacial score (nSPS) is 52.3. The number of carbonyl (C=O) groups excluding carboxylic acids is 1. The molecule has 0 bridgehead atoms. The van der Waals surface area contributed by atoms with Crippen molar-refractivity contribution in [1.82, 2.24) is 5.32 Å². The van der Waals surface area contributed by atoms with Gasteiger partial charge in [-0.25, -0.2) is 0 Å². The molecule has 3 nitrogen and oxygen atoms in total. The van der Waals surface area contributed by atoms with Crippen LogP contribution in [0, 0.1) is 28.6 Å². The lowest BCUT2D eigenvalue weighted by Gasteiger charge is -2.56. The Bertz CT molecular complexity index is 513. The van der Waals surface area contributed by atoms with Crippen LogP contribution in [0.2, 0.25) is 0 Å². The van der Waals surface area contributed by atoms with E-state index in [1.165, 1.54) is 12.0 Å². The van der Waals surface area contributed by atoms with Gasteiger partial charge in [0.15, 0.2) is 0 Å². The number of rotatable bonds is 0. The average Bonchev–Trinajstić information content (AvgIpc) is 2.76. The van der Waals surface area contributed by atoms with Gasteiger partial charge in [0.1, 0.15) is 0 Å². The lowest BCUT2D eigenvalue weighted by molar-refractivity contribution is -0.133. The number of nitrogens with one attached hydrogen (secondary N) is 1. The summed E-state index contributed by atoms with van der Waals surface area (Å²) in [7, 11) is 0. The maximum absolute atomic E-state index is 12.3. The van der Waals surface area contributed by atoms with E-state index in [4.69, 9.17) is 0 Å². The van der Waals surface area contributed by atoms with Crippen molar-refractivity contribution >= 4 is 5.91 Å². The standard InChI is InChI=1S/C18H27NO2/c1-17-7-5-12(20)9-11(17)3-4-13-14(17)6-8-18(2)15(13)10-19-16(18)21/h3,12-15,20H,4-10H2,1-2H3,(H,19,21)/t12-,13+,14-,15-,17-,18-/m0/s1. The van der Waals surface area contributed by atoms with E-state index in [0.717, 1.165) is 38.6 Å². The highest BCUT2D eigenvalue weighted by Crippen LogP contribution is 2.61. The highest BCUT2D eigenvalue weighted by Gasteiger charge is 2.58. The molecule has 1 saturated heterocycles. The Balaban J connectivity index is 1.69. The maximum Gasteiger partial charge on any atom is 0.226 e. The van der Waals surface area contributed by atoms with Gasteiger partial charge in [0.2, 0.25) is 5.91 Å². The largest absolute Gasteiger partial charge is 0.393 e. The van der Waals surface area contributed by atoms with Crippen LogP contribution in [0.25, 0.3) is 0 Å². The van der Waals surface area contributed by atoms with Crippen molar-refractivity contribution in [2.45, 2.75) is 58.5 Å². The molecule has 3 fully saturated rings. The smallest absolute Gasteiger partial charge is 0.226 e. The van der Waals surface area contributed by atoms with E-state index < -0.39 is 0 Å². The zero-order valence-corrected chi connectivity index (χ0v) is 13.2. The van der Waals surface area contributed by atoms with Gasteiger partial charge in [-0.15, -0.1) is 0 Å². The molecular weight excluding hydrogens is 262 g/mol. The molecule has 0 aromatic rings. The zero-order chi connectivity index (χ0) is 14.8. The van der Waals surface area contributed by atoms with Crippen molar-refractivity contribution in [3.05, 3.63) is 11.6 Å². The van der Waals surface area contributed by atoms with Gasteiger partial charge in [-0.2, -0.15) is 0 Å². The Morgan fingerprint density at radius 3 is 2.76 bits per heavy atom. The molecule has 4 rings (SSSR count). The van der Waals surface area contributed by atoms with Gasteiger partial charge < -0.3 is 10.4 Å². The SMILES string of the molecule is C[C@]12CC[C@H](O)CC1=CC[C@@H]1[C@@H]2CC[C@]2(C)C(=O)NC[C@@H]12. The number of hydrogen-bond acceptors (Lipinski definition) is 2. The Morgan fingerprint density at radius 2 is 1.95 bits per heavy atom. The molecular formula is C18H27NO2. The molecule has 116 valence electrons. The molecule has 4 aliphatic rings. The van der Waals surface area contributed by atoms with E-state index in [2.05, 4.69) is 25.2 Å². The van der Waals surface area contributed by atoms with Gasteiger partial charge in [-0.05, 0) is 61.7 Å². The van der Waals surface area contributed by atoms with E-state index in [0.29, 0.717) is 17.8 Å². The second-order valence-electron chi connectivity index (χ2n) is 8.32. The van der Waals surface area contributed by atoms with Crippen LogP contribution in [0.4, 0.5) is 0 Å². The van der Waals surface area contributed by atoms with Crippen LogP contribution in [0.3, 0.4) is 0 Å². The maximum atomic E-state index is 12.3. The summed E-state index contributed by atoms with van der Waals surface area (Å²) in [6.45, 7) is 5.48. The van der Waals surface area contributed by atoms with Gasteiger partial charge >= 0.3 is 0 Å². The number of fused-ring (bicyclic) bond motifs is 5. The second-order valence-corrected chi connectivity index (χ2v) is 8.32. The molecule has 3 heteroatoms. The molecule has 1 heterocycles. The molecule has 0 radical (unpaired) electrons. The van der Waals surface area contributed by atoms with Gasteiger partial charge in [-0.1, -0.05) is 25.5 Å². The summed E-state index contributed by atoms with van der Waals surface area (Å²) >= 11 is 0. The summed E-state index contributed by atoms with van der Waals surface area (Å²) in [5.41, 5.74) is 1.65. The molecule has 2 N–H and O–H groups in total. The van der Waals surface area contributed by atoms with E-state index >= 15 is 0 Å². The van der Waals surface area contributed by atoms with Crippen molar-refractivity contribution in [2.24, 2.45) is 28.6 Å². The zero-order valence-electron chi connectivity index (χ0n) is 13.2. The van der Waals surface area contributed by atoms with Crippen molar-refractivity contribution < 1.29 is 9.90 Å². The van der Waals surface area contributed by atoms with Crippen LogP contribution in [0.5, 0.6) is 0 Å². The molecule has 0 unspecified atom stereocenters. The van der Waals surface area contributed by atoms with Crippen LogP contribution in [0.1, 0.15) is 52.4 Å². The van der Waals surface area contributed by atoms with Crippen LogP contribution in [-0.4, -0.2) is 23.7 Å². The monoisotopic (exact) mass is 289 g/mol. The predicted octanol–water partition coefficient (Wildman–Crippen LogP) is 2.65. The number of allylic oxidation sites excluding steroid dienone is 1. The third-order valence-electron chi connectivity index (χ3n) is 7.47. The van der Waals surface area contributed by atoms with Gasteiger partial charge in [-0.3, -0.25) is 4.79 Å². The first kappa shape index (κ1) is 13.8. The van der Waals surface area contributed by atoms with Crippen molar-refractivity contribution in [2.75, 3.05) is 6.54 Å². The van der Waals surface area contributed by atoms with Gasteiger partial charge in [0.25, 0.3) is 0 Å². The predicted molar refractivity (Wildman–Crippen MR) is 81.5 cm³/mol. The third-order valence-corrected chi connectivity index (χ3v) is 7.47. The summed E-state index contributed by atoms with van der Waals surface area (Å²) < 4.78 is 0. The van der Waals surface area contributed by atoms with E-state index in [9.17, 15) is 9.90 Å². The number of carbonyl (C=O) groups is 1. The minimum absolute atomic E-state index is 0.128. The first-order chi connectivity index (χ1) is 9.95. The summed E-state index contributed by atoms with van der Waals surface area (Å²) in [5, 5.41) is 13.1. The fourth-order valence-electron chi connectivity index (χ4n) is 6.02. The number of amides is 1. The minimum Gasteiger partial charge on any atom is -0.393 e. The highest BCUT2D eigenvalue weighted by molar-refractivity contribution is 5.85. The number of aliphatic hydroxyl groups excluding tert-OH is 1. The number of hydrogen-bond donors (Lipinski definition) is 2. The Morgan fingerprint density at radius 1 is 1.19 bits per heavy atom. The lowest BCUT2D eigenvalue weighted by atomic mass is 9.48. The van der Waals surface area contributed by atoms with Gasteiger partial charge in [0, 0.05) is 6.54 Å². The lowest BCUT2D eigenvalue weighted by Crippen LogP contribution is -2.51. The molecule has 21 heavy (non-hydrogen) atoms. The van der Waals surface area contributed by atoms with Crippen molar-refractivity contribution in [1.29, 1.82) is 0 Å². The van der Waals surface area contributed by atoms with E-state index in [1.807, 2.05) is 0 Å².